The second-order valence-electron chi connectivity index (χ2n) is 2.03. The van der Waals surface area contributed by atoms with Gasteiger partial charge in [0.2, 0.25) is 0 Å². The lowest BCUT2D eigenvalue weighted by Crippen LogP contribution is -2.22. The van der Waals surface area contributed by atoms with Crippen molar-refractivity contribution < 1.29 is 11.2 Å². The first-order valence-electron chi connectivity index (χ1n) is 3.58. The number of azide groups is 1. The van der Waals surface area contributed by atoms with Gasteiger partial charge in [-0.15, -0.1) is 0 Å². The molecule has 3 atom stereocenters. The molecule has 0 aromatic carbocycles. The summed E-state index contributed by atoms with van der Waals surface area (Å²) in [5, 5.41) is 12.1. The van der Waals surface area contributed by atoms with Crippen LogP contribution in [-0.2, 0) is 4.74 Å². The molecule has 0 amide bonds. The lowest BCUT2D eigenvalue weighted by molar-refractivity contribution is 0.0529. The first-order valence-corrected chi connectivity index (χ1v) is 3.00. The fraction of sp³-hybridized carbons (Fsp3) is 1.00. The lowest BCUT2D eigenvalue weighted by Gasteiger charge is -2.08. The predicted octanol–water partition coefficient (Wildman–Crippen LogP) is 0.447. The Hall–Kier alpha value is -0.770. The smallest absolute Gasteiger partial charge is 0.0891 e. The normalized spacial score (nSPS) is 40.5. The highest BCUT2D eigenvalue weighted by Gasteiger charge is 2.25. The minimum Gasteiger partial charge on any atom is -0.394 e. The van der Waals surface area contributed by atoms with Gasteiger partial charge >= 0.3 is 0 Å². The van der Waals surface area contributed by atoms with Crippen LogP contribution in [0.1, 0.15) is 7.79 Å². The van der Waals surface area contributed by atoms with Crippen molar-refractivity contribution in [3.05, 3.63) is 10.4 Å². The molecule has 1 rings (SSSR count). The molecule has 0 unspecified atom stereocenters. The minimum absolute atomic E-state index is 0.195. The summed E-state index contributed by atoms with van der Waals surface area (Å²) in [6.07, 6.45) is -0.122. The molecule has 1 N–H and O–H groups in total. The van der Waals surface area contributed by atoms with Crippen LogP contribution in [0.5, 0.6) is 0 Å². The number of hydrogen-bond donors (Lipinski definition) is 1. The predicted molar refractivity (Wildman–Crippen MR) is 34.4 cm³/mol. The number of hydrogen-bond acceptors (Lipinski definition) is 3. The van der Waals surface area contributed by atoms with Crippen LogP contribution in [0.4, 0.5) is 0 Å². The zero-order chi connectivity index (χ0) is 8.27. The average molecular weight is 145 g/mol. The van der Waals surface area contributed by atoms with Crippen molar-refractivity contribution in [2.75, 3.05) is 13.2 Å². The van der Waals surface area contributed by atoms with Crippen LogP contribution in [0.2, 0.25) is 0 Å². The number of rotatable bonds is 2. The molecule has 0 aromatic rings. The van der Waals surface area contributed by atoms with Gasteiger partial charge < -0.3 is 9.84 Å². The SMILES string of the molecule is [3H][C@H]1C[C@@H](N=[N+]=[N-])[C@@H](CO)O1. The molecule has 10 heavy (non-hydrogen) atoms. The maximum absolute atomic E-state index is 8.69. The molecule has 0 spiro atoms. The third-order valence-electron chi connectivity index (χ3n) is 1.42. The summed E-state index contributed by atoms with van der Waals surface area (Å²) >= 11 is 0. The maximum atomic E-state index is 8.69. The Labute approximate surface area is 59.6 Å². The van der Waals surface area contributed by atoms with E-state index in [0.29, 0.717) is 6.42 Å². The molecule has 1 heterocycles. The Morgan fingerprint density at radius 1 is 2.00 bits per heavy atom. The number of aliphatic hydroxyl groups is 1. The van der Waals surface area contributed by atoms with E-state index in [4.69, 9.17) is 16.7 Å². The Morgan fingerprint density at radius 3 is 3.40 bits per heavy atom. The third kappa shape index (κ3) is 1.39. The monoisotopic (exact) mass is 145 g/mol. The summed E-state index contributed by atoms with van der Waals surface area (Å²) in [6.45, 7) is -0.860. The van der Waals surface area contributed by atoms with Gasteiger partial charge in [-0.2, -0.15) is 0 Å². The van der Waals surface area contributed by atoms with Crippen LogP contribution in [0, 0.1) is 0 Å². The van der Waals surface area contributed by atoms with Crippen LogP contribution in [0.15, 0.2) is 5.11 Å². The molecule has 1 aliphatic rings. The summed E-state index contributed by atoms with van der Waals surface area (Å²) in [5.74, 6) is 0. The van der Waals surface area contributed by atoms with Gasteiger partial charge in [0.25, 0.3) is 0 Å². The van der Waals surface area contributed by atoms with E-state index < -0.39 is 12.7 Å². The minimum atomic E-state index is -0.664. The van der Waals surface area contributed by atoms with Gasteiger partial charge in [-0.1, -0.05) is 5.11 Å². The van der Waals surface area contributed by atoms with E-state index in [1.165, 1.54) is 0 Å². The van der Waals surface area contributed by atoms with Crippen LogP contribution in [0.3, 0.4) is 0 Å². The molecule has 0 saturated carbocycles. The zero-order valence-electron chi connectivity index (χ0n) is 6.34. The Bertz CT molecular complexity index is 183. The summed E-state index contributed by atoms with van der Waals surface area (Å²) in [7, 11) is 0. The highest BCUT2D eigenvalue weighted by molar-refractivity contribution is 4.81. The molecule has 56 valence electrons. The third-order valence-corrected chi connectivity index (χ3v) is 1.42. The van der Waals surface area contributed by atoms with E-state index >= 15 is 0 Å². The molecule has 1 saturated heterocycles. The highest BCUT2D eigenvalue weighted by Crippen LogP contribution is 2.16. The van der Waals surface area contributed by atoms with E-state index in [2.05, 4.69) is 10.0 Å². The topological polar surface area (TPSA) is 78.2 Å². The largest absolute Gasteiger partial charge is 0.394 e. The van der Waals surface area contributed by atoms with Gasteiger partial charge in [0.05, 0.1) is 20.1 Å². The summed E-state index contributed by atoms with van der Waals surface area (Å²) in [5.41, 5.74) is 8.09. The molecule has 0 radical (unpaired) electrons. The summed E-state index contributed by atoms with van der Waals surface area (Å²) < 4.78 is 12.1. The Balaban J connectivity index is 2.56. The van der Waals surface area contributed by atoms with Gasteiger partial charge in [0.1, 0.15) is 0 Å². The summed E-state index contributed by atoms with van der Waals surface area (Å²) in [4.78, 5) is 2.60. The summed E-state index contributed by atoms with van der Waals surface area (Å²) in [6, 6.07) is -0.382. The van der Waals surface area contributed by atoms with Crippen molar-refractivity contribution in [1.82, 2.24) is 0 Å². The molecule has 0 aliphatic carbocycles. The van der Waals surface area contributed by atoms with Crippen molar-refractivity contribution in [3.8, 4) is 0 Å². The molecule has 1 fully saturated rings. The van der Waals surface area contributed by atoms with Crippen LogP contribution in [0.25, 0.3) is 10.4 Å². The molecular weight excluding hydrogens is 134 g/mol. The van der Waals surface area contributed by atoms with Crippen molar-refractivity contribution in [1.29, 1.82) is 0 Å². The standard InChI is InChI=1S/C5H9N3O2/c6-8-7-4-1-2-10-5(4)3-9/h4-5,9H,1-3H2/t4-,5-/m1/s1/i2T/t2-,4+,5+/m0. The number of nitrogens with zero attached hydrogens (tertiary/aromatic N) is 3. The van der Waals surface area contributed by atoms with Gasteiger partial charge in [-0.05, 0) is 12.0 Å². The van der Waals surface area contributed by atoms with E-state index in [0.717, 1.165) is 0 Å². The lowest BCUT2D eigenvalue weighted by atomic mass is 10.2. The Morgan fingerprint density at radius 2 is 2.80 bits per heavy atom. The van der Waals surface area contributed by atoms with Crippen molar-refractivity contribution >= 4 is 0 Å². The van der Waals surface area contributed by atoms with Crippen molar-refractivity contribution in [2.45, 2.75) is 18.6 Å². The molecule has 1 aliphatic heterocycles. The molecule has 0 bridgehead atoms. The number of ether oxygens (including phenoxy) is 1. The van der Waals surface area contributed by atoms with Gasteiger partial charge in [0.15, 0.2) is 0 Å². The van der Waals surface area contributed by atoms with Crippen LogP contribution in [-0.4, -0.2) is 30.4 Å². The molecule has 0 aromatic heterocycles. The van der Waals surface area contributed by atoms with E-state index in [1.54, 1.807) is 0 Å². The second-order valence-corrected chi connectivity index (χ2v) is 2.03. The van der Waals surface area contributed by atoms with Gasteiger partial charge in [-0.3, -0.25) is 0 Å². The zero-order valence-corrected chi connectivity index (χ0v) is 5.34. The fourth-order valence-electron chi connectivity index (χ4n) is 0.873. The first kappa shape index (κ1) is 5.97. The quantitative estimate of drug-likeness (QED) is 0.347. The van der Waals surface area contributed by atoms with E-state index in [9.17, 15) is 0 Å². The van der Waals surface area contributed by atoms with Crippen molar-refractivity contribution in [2.24, 2.45) is 5.11 Å². The van der Waals surface area contributed by atoms with E-state index in [-0.39, 0.29) is 12.6 Å². The maximum Gasteiger partial charge on any atom is 0.0891 e. The van der Waals surface area contributed by atoms with Crippen LogP contribution >= 0.6 is 0 Å². The van der Waals surface area contributed by atoms with Crippen molar-refractivity contribution in [3.63, 3.8) is 0 Å². The fourth-order valence-corrected chi connectivity index (χ4v) is 0.873. The Kier molecular flexibility index (Phi) is 2.04. The molecule has 5 nitrogen and oxygen atoms in total. The first-order chi connectivity index (χ1) is 5.27. The molecular formula is C5H9N3O2. The second kappa shape index (κ2) is 3.41. The van der Waals surface area contributed by atoms with Crippen LogP contribution < -0.4 is 0 Å². The average Bonchev–Trinajstić information content (AvgIpc) is 2.32. The number of aliphatic hydroxyl groups excluding tert-OH is 1. The molecule has 5 heteroatoms. The van der Waals surface area contributed by atoms with Gasteiger partial charge in [-0.25, -0.2) is 0 Å². The van der Waals surface area contributed by atoms with Gasteiger partial charge in [0, 0.05) is 11.5 Å². The highest BCUT2D eigenvalue weighted by atomic mass is 16.5. The van der Waals surface area contributed by atoms with E-state index in [1.807, 2.05) is 0 Å².